The lowest BCUT2D eigenvalue weighted by molar-refractivity contribution is -0.114. The lowest BCUT2D eigenvalue weighted by Crippen LogP contribution is -2.29. The van der Waals surface area contributed by atoms with Gasteiger partial charge in [0.1, 0.15) is 0 Å². The molecule has 0 aliphatic carbocycles. The highest BCUT2D eigenvalue weighted by atomic mass is 32.2. The Hall–Kier alpha value is -2.34. The van der Waals surface area contributed by atoms with Crippen molar-refractivity contribution in [2.75, 3.05) is 16.2 Å². The van der Waals surface area contributed by atoms with E-state index in [0.717, 1.165) is 11.3 Å². The fraction of sp³-hybridized carbons (Fsp3) is 0.235. The smallest absolute Gasteiger partial charge is 0.264 e. The average Bonchev–Trinajstić information content (AvgIpc) is 2.93. The molecular formula is C17H18N2O3S. The molecule has 1 heterocycles. The van der Waals surface area contributed by atoms with Gasteiger partial charge in [-0.3, -0.25) is 9.10 Å². The number of carbonyl (C=O) groups excluding carboxylic acids is 1. The van der Waals surface area contributed by atoms with Crippen molar-refractivity contribution in [3.8, 4) is 0 Å². The number of rotatable bonds is 3. The zero-order valence-electron chi connectivity index (χ0n) is 13.0. The fourth-order valence-corrected chi connectivity index (χ4v) is 4.59. The SMILES string of the molecule is CC(=O)Nc1ccc(C)c(S(=O)(=O)N2CCc3ccccc32)c1. The lowest BCUT2D eigenvalue weighted by Gasteiger charge is -2.21. The molecule has 0 saturated carbocycles. The number of sulfonamides is 1. The predicted molar refractivity (Wildman–Crippen MR) is 90.2 cm³/mol. The number of nitrogens with zero attached hydrogens (tertiary/aromatic N) is 1. The van der Waals surface area contributed by atoms with Crippen LogP contribution in [0.15, 0.2) is 47.4 Å². The second-order valence-corrected chi connectivity index (χ2v) is 7.45. The first-order valence-corrected chi connectivity index (χ1v) is 8.82. The number of carbonyl (C=O) groups is 1. The molecule has 3 rings (SSSR count). The van der Waals surface area contributed by atoms with Crippen LogP contribution in [0.5, 0.6) is 0 Å². The summed E-state index contributed by atoms with van der Waals surface area (Å²) in [5.41, 5.74) is 2.90. The van der Waals surface area contributed by atoms with Gasteiger partial charge in [-0.15, -0.1) is 0 Å². The topological polar surface area (TPSA) is 66.5 Å². The molecule has 5 nitrogen and oxygen atoms in total. The molecule has 0 unspecified atom stereocenters. The average molecular weight is 330 g/mol. The Kier molecular flexibility index (Phi) is 3.85. The molecule has 0 bridgehead atoms. The molecule has 1 amide bonds. The van der Waals surface area contributed by atoms with Crippen molar-refractivity contribution >= 4 is 27.3 Å². The summed E-state index contributed by atoms with van der Waals surface area (Å²) in [6.45, 7) is 3.59. The maximum Gasteiger partial charge on any atom is 0.264 e. The van der Waals surface area contributed by atoms with Crippen molar-refractivity contribution < 1.29 is 13.2 Å². The Morgan fingerprint density at radius 3 is 2.65 bits per heavy atom. The van der Waals surface area contributed by atoms with Crippen molar-refractivity contribution in [2.24, 2.45) is 0 Å². The maximum atomic E-state index is 13.1. The molecule has 120 valence electrons. The Bertz CT molecular complexity index is 875. The number of aryl methyl sites for hydroxylation is 1. The minimum Gasteiger partial charge on any atom is -0.326 e. The van der Waals surface area contributed by atoms with Gasteiger partial charge in [0.25, 0.3) is 10.0 Å². The summed E-state index contributed by atoms with van der Waals surface area (Å²) in [7, 11) is -3.66. The monoisotopic (exact) mass is 330 g/mol. The summed E-state index contributed by atoms with van der Waals surface area (Å²) in [6.07, 6.45) is 0.708. The van der Waals surface area contributed by atoms with Gasteiger partial charge in [-0.05, 0) is 42.7 Å². The second kappa shape index (κ2) is 5.70. The van der Waals surface area contributed by atoms with Crippen LogP contribution in [0.25, 0.3) is 0 Å². The second-order valence-electron chi connectivity index (χ2n) is 5.62. The van der Waals surface area contributed by atoms with Crippen molar-refractivity contribution in [3.05, 3.63) is 53.6 Å². The normalized spacial score (nSPS) is 13.7. The van der Waals surface area contributed by atoms with Crippen LogP contribution in [0.3, 0.4) is 0 Å². The number of para-hydroxylation sites is 1. The van der Waals surface area contributed by atoms with Crippen LogP contribution in [0.4, 0.5) is 11.4 Å². The summed E-state index contributed by atoms with van der Waals surface area (Å²) in [6, 6.07) is 12.5. The van der Waals surface area contributed by atoms with Gasteiger partial charge in [0.05, 0.1) is 10.6 Å². The molecule has 0 radical (unpaired) electrons. The number of benzene rings is 2. The molecule has 0 fully saturated rings. The molecule has 23 heavy (non-hydrogen) atoms. The lowest BCUT2D eigenvalue weighted by atomic mass is 10.2. The number of fused-ring (bicyclic) bond motifs is 1. The molecule has 0 saturated heterocycles. The summed E-state index contributed by atoms with van der Waals surface area (Å²) in [5.74, 6) is -0.233. The van der Waals surface area contributed by atoms with Crippen LogP contribution in [0, 0.1) is 6.92 Å². The third-order valence-corrected chi connectivity index (χ3v) is 5.88. The Balaban J connectivity index is 2.06. The van der Waals surface area contributed by atoms with Crippen LogP contribution >= 0.6 is 0 Å². The summed E-state index contributed by atoms with van der Waals surface area (Å²) in [5, 5.41) is 2.63. The Morgan fingerprint density at radius 2 is 1.91 bits per heavy atom. The largest absolute Gasteiger partial charge is 0.326 e. The molecule has 2 aromatic carbocycles. The molecule has 1 aliphatic rings. The van der Waals surface area contributed by atoms with E-state index in [1.165, 1.54) is 17.3 Å². The van der Waals surface area contributed by atoms with Gasteiger partial charge in [-0.1, -0.05) is 24.3 Å². The molecule has 0 aromatic heterocycles. The van der Waals surface area contributed by atoms with E-state index in [0.29, 0.717) is 24.2 Å². The number of hydrogen-bond donors (Lipinski definition) is 1. The molecular weight excluding hydrogens is 312 g/mol. The van der Waals surface area contributed by atoms with E-state index in [1.54, 1.807) is 19.1 Å². The summed E-state index contributed by atoms with van der Waals surface area (Å²) >= 11 is 0. The van der Waals surface area contributed by atoms with E-state index in [2.05, 4.69) is 5.32 Å². The maximum absolute atomic E-state index is 13.1. The summed E-state index contributed by atoms with van der Waals surface area (Å²) < 4.78 is 27.6. The van der Waals surface area contributed by atoms with Gasteiger partial charge < -0.3 is 5.32 Å². The quantitative estimate of drug-likeness (QED) is 0.941. The van der Waals surface area contributed by atoms with Crippen LogP contribution in [0.1, 0.15) is 18.1 Å². The zero-order valence-corrected chi connectivity index (χ0v) is 13.9. The van der Waals surface area contributed by atoms with Gasteiger partial charge in [-0.25, -0.2) is 8.42 Å². The highest BCUT2D eigenvalue weighted by molar-refractivity contribution is 7.93. The van der Waals surface area contributed by atoms with Gasteiger partial charge in [0.15, 0.2) is 0 Å². The van der Waals surface area contributed by atoms with E-state index >= 15 is 0 Å². The van der Waals surface area contributed by atoms with Crippen molar-refractivity contribution in [1.29, 1.82) is 0 Å². The van der Waals surface area contributed by atoms with Crippen LogP contribution in [-0.4, -0.2) is 20.9 Å². The van der Waals surface area contributed by atoms with Crippen molar-refractivity contribution in [2.45, 2.75) is 25.2 Å². The van der Waals surface area contributed by atoms with Gasteiger partial charge in [0.2, 0.25) is 5.91 Å². The standard InChI is InChI=1S/C17H18N2O3S/c1-12-7-8-15(18-13(2)20)11-17(12)23(21,22)19-10-9-14-5-3-4-6-16(14)19/h3-8,11H,9-10H2,1-2H3,(H,18,20). The van der Waals surface area contributed by atoms with Crippen molar-refractivity contribution in [3.63, 3.8) is 0 Å². The molecule has 1 N–H and O–H groups in total. The van der Waals surface area contributed by atoms with Crippen molar-refractivity contribution in [1.82, 2.24) is 0 Å². The van der Waals surface area contributed by atoms with Gasteiger partial charge >= 0.3 is 0 Å². The number of anilines is 2. The Labute approximate surface area is 136 Å². The van der Waals surface area contributed by atoms with E-state index in [9.17, 15) is 13.2 Å². The van der Waals surface area contributed by atoms with Crippen LogP contribution in [0.2, 0.25) is 0 Å². The first-order valence-electron chi connectivity index (χ1n) is 7.38. The first kappa shape index (κ1) is 15.6. The third kappa shape index (κ3) is 2.82. The fourth-order valence-electron chi connectivity index (χ4n) is 2.84. The molecule has 0 spiro atoms. The first-order chi connectivity index (χ1) is 10.9. The highest BCUT2D eigenvalue weighted by Gasteiger charge is 2.31. The molecule has 1 aliphatic heterocycles. The zero-order chi connectivity index (χ0) is 16.6. The minimum absolute atomic E-state index is 0.223. The predicted octanol–water partition coefficient (Wildman–Crippen LogP) is 2.70. The Morgan fingerprint density at radius 1 is 1.17 bits per heavy atom. The molecule has 0 atom stereocenters. The van der Waals surface area contributed by atoms with E-state index in [1.807, 2.05) is 24.3 Å². The van der Waals surface area contributed by atoms with Gasteiger partial charge in [0, 0.05) is 19.2 Å². The summed E-state index contributed by atoms with van der Waals surface area (Å²) in [4.78, 5) is 11.4. The van der Waals surface area contributed by atoms with E-state index in [-0.39, 0.29) is 10.8 Å². The van der Waals surface area contributed by atoms with Crippen LogP contribution in [-0.2, 0) is 21.2 Å². The van der Waals surface area contributed by atoms with E-state index < -0.39 is 10.0 Å². The number of nitrogens with one attached hydrogen (secondary N) is 1. The number of amides is 1. The number of hydrogen-bond acceptors (Lipinski definition) is 3. The third-order valence-electron chi connectivity index (χ3n) is 3.92. The molecule has 6 heteroatoms. The highest BCUT2D eigenvalue weighted by Crippen LogP contribution is 2.34. The van der Waals surface area contributed by atoms with Crippen LogP contribution < -0.4 is 9.62 Å². The van der Waals surface area contributed by atoms with Gasteiger partial charge in [-0.2, -0.15) is 0 Å². The minimum atomic E-state index is -3.66. The molecule has 2 aromatic rings. The van der Waals surface area contributed by atoms with E-state index in [4.69, 9.17) is 0 Å².